The second-order valence-corrected chi connectivity index (χ2v) is 5.17. The quantitative estimate of drug-likeness (QED) is 0.446. The predicted octanol–water partition coefficient (Wildman–Crippen LogP) is 3.49. The minimum Gasteiger partial charge on any atom is -0.410 e. The van der Waals surface area contributed by atoms with Crippen LogP contribution in [-0.4, -0.2) is 20.9 Å². The van der Waals surface area contributed by atoms with Gasteiger partial charge in [0.25, 0.3) is 0 Å². The van der Waals surface area contributed by atoms with E-state index in [2.05, 4.69) is 27.3 Å². The van der Waals surface area contributed by atoms with Gasteiger partial charge in [-0.3, -0.25) is 9.97 Å². The Bertz CT molecular complexity index is 786. The monoisotopic (exact) mass is 303 g/mol. The summed E-state index contributed by atoms with van der Waals surface area (Å²) in [6.45, 7) is 0. The number of aryl methyl sites for hydroxylation is 2. The SMILES string of the molecule is ON=C(c1cccnc1)c1cccnc1CCc1ccccc1. The lowest BCUT2D eigenvalue weighted by molar-refractivity contribution is 0.319. The normalized spacial score (nSPS) is 11.4. The van der Waals surface area contributed by atoms with E-state index < -0.39 is 0 Å². The predicted molar refractivity (Wildman–Crippen MR) is 89.7 cm³/mol. The standard InChI is InChI=1S/C19H17N3O/c23-22-19(16-8-4-12-20-14-16)17-9-5-13-21-18(17)11-10-15-6-2-1-3-7-15/h1-9,12-14,23H,10-11H2. The number of nitrogens with zero attached hydrogens (tertiary/aromatic N) is 3. The highest BCUT2D eigenvalue weighted by molar-refractivity contribution is 6.13. The molecule has 0 fully saturated rings. The van der Waals surface area contributed by atoms with Crippen LogP contribution < -0.4 is 0 Å². The Morgan fingerprint density at radius 1 is 0.913 bits per heavy atom. The Kier molecular flexibility index (Phi) is 4.74. The molecule has 0 saturated carbocycles. The third-order valence-corrected chi connectivity index (χ3v) is 3.67. The van der Waals surface area contributed by atoms with E-state index in [9.17, 15) is 5.21 Å². The van der Waals surface area contributed by atoms with Gasteiger partial charge in [0.15, 0.2) is 0 Å². The summed E-state index contributed by atoms with van der Waals surface area (Å²) in [5, 5.41) is 13.0. The van der Waals surface area contributed by atoms with E-state index in [1.807, 2.05) is 42.5 Å². The molecule has 3 rings (SSSR count). The van der Waals surface area contributed by atoms with Gasteiger partial charge in [0, 0.05) is 29.7 Å². The van der Waals surface area contributed by atoms with Crippen molar-refractivity contribution in [2.45, 2.75) is 12.8 Å². The fraction of sp³-hybridized carbons (Fsp3) is 0.105. The van der Waals surface area contributed by atoms with Crippen molar-refractivity contribution in [2.75, 3.05) is 0 Å². The average molecular weight is 303 g/mol. The van der Waals surface area contributed by atoms with Crippen molar-refractivity contribution in [3.63, 3.8) is 0 Å². The van der Waals surface area contributed by atoms with Gasteiger partial charge in [-0.25, -0.2) is 0 Å². The second-order valence-electron chi connectivity index (χ2n) is 5.17. The Morgan fingerprint density at radius 3 is 2.48 bits per heavy atom. The molecule has 1 N–H and O–H groups in total. The van der Waals surface area contributed by atoms with Crippen LogP contribution in [0.15, 0.2) is 78.3 Å². The van der Waals surface area contributed by atoms with Crippen molar-refractivity contribution in [1.82, 2.24) is 9.97 Å². The summed E-state index contributed by atoms with van der Waals surface area (Å²) in [7, 11) is 0. The fourth-order valence-electron chi connectivity index (χ4n) is 2.53. The second kappa shape index (κ2) is 7.31. The van der Waals surface area contributed by atoms with Crippen molar-refractivity contribution in [3.05, 3.63) is 95.6 Å². The lowest BCUT2D eigenvalue weighted by Crippen LogP contribution is -2.10. The molecule has 2 aromatic heterocycles. The van der Waals surface area contributed by atoms with Gasteiger partial charge in [-0.05, 0) is 42.7 Å². The first-order chi connectivity index (χ1) is 11.4. The Hall–Kier alpha value is -3.01. The van der Waals surface area contributed by atoms with Crippen molar-refractivity contribution < 1.29 is 5.21 Å². The minimum atomic E-state index is 0.495. The van der Waals surface area contributed by atoms with Gasteiger partial charge in [0.2, 0.25) is 0 Å². The molecule has 2 heterocycles. The molecule has 0 atom stereocenters. The van der Waals surface area contributed by atoms with Gasteiger partial charge in [-0.1, -0.05) is 35.5 Å². The zero-order valence-electron chi connectivity index (χ0n) is 12.6. The van der Waals surface area contributed by atoms with E-state index in [1.54, 1.807) is 18.6 Å². The summed E-state index contributed by atoms with van der Waals surface area (Å²) in [6, 6.07) is 17.7. The highest BCUT2D eigenvalue weighted by Crippen LogP contribution is 2.15. The maximum atomic E-state index is 9.48. The van der Waals surface area contributed by atoms with Gasteiger partial charge >= 0.3 is 0 Å². The van der Waals surface area contributed by atoms with E-state index in [4.69, 9.17) is 0 Å². The van der Waals surface area contributed by atoms with Crippen LogP contribution in [0.25, 0.3) is 0 Å². The van der Waals surface area contributed by atoms with Gasteiger partial charge in [0.1, 0.15) is 5.71 Å². The molecular weight excluding hydrogens is 286 g/mol. The lowest BCUT2D eigenvalue weighted by atomic mass is 9.98. The fourth-order valence-corrected chi connectivity index (χ4v) is 2.53. The molecule has 1 aromatic carbocycles. The third kappa shape index (κ3) is 3.61. The molecule has 0 unspecified atom stereocenters. The third-order valence-electron chi connectivity index (χ3n) is 3.67. The first-order valence-corrected chi connectivity index (χ1v) is 7.49. The van der Waals surface area contributed by atoms with Crippen LogP contribution in [0, 0.1) is 0 Å². The molecule has 0 radical (unpaired) electrons. The molecule has 0 bridgehead atoms. The molecule has 4 nitrogen and oxygen atoms in total. The maximum Gasteiger partial charge on any atom is 0.120 e. The molecule has 0 amide bonds. The number of aromatic nitrogens is 2. The maximum absolute atomic E-state index is 9.48. The van der Waals surface area contributed by atoms with Crippen molar-refractivity contribution in [3.8, 4) is 0 Å². The number of pyridine rings is 2. The number of hydrogen-bond donors (Lipinski definition) is 1. The first-order valence-electron chi connectivity index (χ1n) is 7.49. The molecule has 0 spiro atoms. The molecule has 4 heteroatoms. The summed E-state index contributed by atoms with van der Waals surface area (Å²) in [4.78, 5) is 8.57. The van der Waals surface area contributed by atoms with Gasteiger partial charge in [-0.15, -0.1) is 0 Å². The van der Waals surface area contributed by atoms with Crippen molar-refractivity contribution >= 4 is 5.71 Å². The molecule has 0 aliphatic heterocycles. The molecule has 0 aliphatic rings. The van der Waals surface area contributed by atoms with E-state index in [-0.39, 0.29) is 0 Å². The van der Waals surface area contributed by atoms with Crippen LogP contribution in [0.4, 0.5) is 0 Å². The van der Waals surface area contributed by atoms with E-state index in [0.29, 0.717) is 5.71 Å². The highest BCUT2D eigenvalue weighted by Gasteiger charge is 2.13. The average Bonchev–Trinajstić information content (AvgIpc) is 2.63. The van der Waals surface area contributed by atoms with E-state index in [0.717, 1.165) is 29.7 Å². The van der Waals surface area contributed by atoms with Crippen LogP contribution in [0.5, 0.6) is 0 Å². The van der Waals surface area contributed by atoms with Gasteiger partial charge in [0.05, 0.1) is 5.69 Å². The topological polar surface area (TPSA) is 58.4 Å². The highest BCUT2D eigenvalue weighted by atomic mass is 16.4. The zero-order chi connectivity index (χ0) is 15.9. The molecule has 114 valence electrons. The number of benzene rings is 1. The van der Waals surface area contributed by atoms with Gasteiger partial charge in [-0.2, -0.15) is 0 Å². The Balaban J connectivity index is 1.88. The number of oxime groups is 1. The molecule has 23 heavy (non-hydrogen) atoms. The van der Waals surface area contributed by atoms with Crippen LogP contribution in [0.2, 0.25) is 0 Å². The summed E-state index contributed by atoms with van der Waals surface area (Å²) < 4.78 is 0. The summed E-state index contributed by atoms with van der Waals surface area (Å²) in [5.74, 6) is 0. The van der Waals surface area contributed by atoms with Crippen LogP contribution in [0.3, 0.4) is 0 Å². The van der Waals surface area contributed by atoms with E-state index >= 15 is 0 Å². The summed E-state index contributed by atoms with van der Waals surface area (Å²) in [5.41, 5.74) is 4.26. The smallest absolute Gasteiger partial charge is 0.120 e. The van der Waals surface area contributed by atoms with Crippen LogP contribution >= 0.6 is 0 Å². The van der Waals surface area contributed by atoms with Crippen LogP contribution in [-0.2, 0) is 12.8 Å². The molecule has 0 aliphatic carbocycles. The Labute approximate surface area is 135 Å². The lowest BCUT2D eigenvalue weighted by Gasteiger charge is -2.10. The molecular formula is C19H17N3O. The number of hydrogen-bond acceptors (Lipinski definition) is 4. The van der Waals surface area contributed by atoms with Gasteiger partial charge < -0.3 is 5.21 Å². The zero-order valence-corrected chi connectivity index (χ0v) is 12.6. The van der Waals surface area contributed by atoms with Crippen molar-refractivity contribution in [2.24, 2.45) is 5.16 Å². The molecule has 3 aromatic rings. The molecule has 0 saturated heterocycles. The number of rotatable bonds is 5. The first kappa shape index (κ1) is 14.9. The summed E-state index contributed by atoms with van der Waals surface area (Å²) in [6.07, 6.45) is 6.80. The van der Waals surface area contributed by atoms with Crippen molar-refractivity contribution in [1.29, 1.82) is 0 Å². The van der Waals surface area contributed by atoms with Crippen LogP contribution in [0.1, 0.15) is 22.4 Å². The Morgan fingerprint density at radius 2 is 1.74 bits per heavy atom. The van der Waals surface area contributed by atoms with E-state index in [1.165, 1.54) is 5.56 Å². The minimum absolute atomic E-state index is 0.495. The largest absolute Gasteiger partial charge is 0.410 e. The summed E-state index contributed by atoms with van der Waals surface area (Å²) >= 11 is 0.